The Labute approximate surface area is 123 Å². The normalized spacial score (nSPS) is 10.6. The number of rotatable bonds is 3. The average Bonchev–Trinajstić information content (AvgIpc) is 2.33. The van der Waals surface area contributed by atoms with E-state index < -0.39 is 0 Å². The van der Waals surface area contributed by atoms with Gasteiger partial charge in [-0.2, -0.15) is 0 Å². The molecule has 0 aliphatic heterocycles. The summed E-state index contributed by atoms with van der Waals surface area (Å²) in [6, 6.07) is 10.0. The topological polar surface area (TPSA) is 26.0 Å². The Morgan fingerprint density at radius 1 is 1.28 bits per heavy atom. The molecule has 0 unspecified atom stereocenters. The van der Waals surface area contributed by atoms with Crippen LogP contribution in [0.15, 0.2) is 45.8 Å². The molecular weight excluding hydrogens is 337 g/mol. The van der Waals surface area contributed by atoms with Crippen LogP contribution in [0.4, 0.5) is 10.1 Å². The third-order valence-electron chi connectivity index (χ3n) is 2.38. The number of thioether (sulfide) groups is 1. The summed E-state index contributed by atoms with van der Waals surface area (Å²) in [4.78, 5) is 0.829. The van der Waals surface area contributed by atoms with E-state index in [1.54, 1.807) is 24.3 Å². The molecule has 1 nitrogen and oxygen atoms in total. The third-order valence-corrected chi connectivity index (χ3v) is 4.78. The Hall–Kier alpha value is -0.710. The van der Waals surface area contributed by atoms with E-state index in [9.17, 15) is 4.39 Å². The average molecular weight is 347 g/mol. The first kappa shape index (κ1) is 13.7. The van der Waals surface area contributed by atoms with Gasteiger partial charge in [-0.25, -0.2) is 4.39 Å². The molecule has 0 aliphatic rings. The summed E-state index contributed by atoms with van der Waals surface area (Å²) in [5.41, 5.74) is 7.38. The molecule has 18 heavy (non-hydrogen) atoms. The predicted molar refractivity (Wildman–Crippen MR) is 79.5 cm³/mol. The standard InChI is InChI=1S/C13H10BrClFNS/c14-10-5-4-9(16)6-8(10)7-18-13-11(15)2-1-3-12(13)17/h1-6H,7,17H2. The minimum absolute atomic E-state index is 0.249. The van der Waals surface area contributed by atoms with Gasteiger partial charge in [0.2, 0.25) is 0 Å². The summed E-state index contributed by atoms with van der Waals surface area (Å²) in [6.07, 6.45) is 0. The molecule has 0 radical (unpaired) electrons. The number of hydrogen-bond donors (Lipinski definition) is 1. The Bertz CT molecular complexity index is 557. The Kier molecular flexibility index (Phi) is 4.54. The van der Waals surface area contributed by atoms with E-state index >= 15 is 0 Å². The van der Waals surface area contributed by atoms with Crippen molar-refractivity contribution in [3.05, 3.63) is 57.3 Å². The van der Waals surface area contributed by atoms with Crippen LogP contribution in [0.5, 0.6) is 0 Å². The number of hydrogen-bond acceptors (Lipinski definition) is 2. The van der Waals surface area contributed by atoms with Crippen LogP contribution in [-0.2, 0) is 5.75 Å². The molecular formula is C13H10BrClFNS. The van der Waals surface area contributed by atoms with E-state index in [1.807, 2.05) is 0 Å². The van der Waals surface area contributed by atoms with Crippen LogP contribution in [0, 0.1) is 5.82 Å². The van der Waals surface area contributed by atoms with Crippen LogP contribution in [0.2, 0.25) is 5.02 Å². The third kappa shape index (κ3) is 3.19. The van der Waals surface area contributed by atoms with Crippen molar-refractivity contribution in [3.63, 3.8) is 0 Å². The molecule has 0 bridgehead atoms. The molecule has 0 amide bonds. The predicted octanol–water partition coefficient (Wildman–Crippen LogP) is 5.12. The van der Waals surface area contributed by atoms with E-state index in [-0.39, 0.29) is 5.82 Å². The zero-order chi connectivity index (χ0) is 13.1. The van der Waals surface area contributed by atoms with Crippen LogP contribution in [-0.4, -0.2) is 0 Å². The van der Waals surface area contributed by atoms with Crippen LogP contribution in [0.25, 0.3) is 0 Å². The highest BCUT2D eigenvalue weighted by atomic mass is 79.9. The lowest BCUT2D eigenvalue weighted by molar-refractivity contribution is 0.626. The first-order valence-electron chi connectivity index (χ1n) is 5.18. The summed E-state index contributed by atoms with van der Waals surface area (Å²) in [7, 11) is 0. The minimum Gasteiger partial charge on any atom is -0.398 e. The molecule has 2 aromatic carbocycles. The van der Waals surface area contributed by atoms with Crippen molar-refractivity contribution < 1.29 is 4.39 Å². The molecule has 0 atom stereocenters. The smallest absolute Gasteiger partial charge is 0.123 e. The van der Waals surface area contributed by atoms with Crippen molar-refractivity contribution in [2.45, 2.75) is 10.6 Å². The Morgan fingerprint density at radius 3 is 2.78 bits per heavy atom. The van der Waals surface area contributed by atoms with Crippen molar-refractivity contribution in [2.75, 3.05) is 5.73 Å². The van der Waals surface area contributed by atoms with Gasteiger partial charge >= 0.3 is 0 Å². The molecule has 0 aliphatic carbocycles. The molecule has 0 saturated heterocycles. The van der Waals surface area contributed by atoms with Gasteiger partial charge in [-0.3, -0.25) is 0 Å². The van der Waals surface area contributed by atoms with Crippen molar-refractivity contribution in [2.24, 2.45) is 0 Å². The summed E-state index contributed by atoms with van der Waals surface area (Å²) in [6.45, 7) is 0. The number of nitrogens with two attached hydrogens (primary N) is 1. The first-order chi connectivity index (χ1) is 8.58. The fourth-order valence-electron chi connectivity index (χ4n) is 1.48. The lowest BCUT2D eigenvalue weighted by Crippen LogP contribution is -1.91. The lowest BCUT2D eigenvalue weighted by Gasteiger charge is -2.08. The maximum atomic E-state index is 13.2. The highest BCUT2D eigenvalue weighted by Gasteiger charge is 2.08. The van der Waals surface area contributed by atoms with Gasteiger partial charge in [0.25, 0.3) is 0 Å². The molecule has 2 aromatic rings. The first-order valence-corrected chi connectivity index (χ1v) is 7.34. The molecule has 2 rings (SSSR count). The van der Waals surface area contributed by atoms with E-state index in [2.05, 4.69) is 15.9 Å². The summed E-state index contributed by atoms with van der Waals surface area (Å²) in [5.74, 6) is 0.354. The fourth-order valence-corrected chi connectivity index (χ4v) is 3.38. The molecule has 2 N–H and O–H groups in total. The van der Waals surface area contributed by atoms with Gasteiger partial charge in [0.15, 0.2) is 0 Å². The van der Waals surface area contributed by atoms with Crippen LogP contribution in [0.1, 0.15) is 5.56 Å². The van der Waals surface area contributed by atoms with Crippen molar-refractivity contribution in [1.82, 2.24) is 0 Å². The number of halogens is 3. The highest BCUT2D eigenvalue weighted by Crippen LogP contribution is 2.35. The molecule has 94 valence electrons. The molecule has 0 spiro atoms. The zero-order valence-electron chi connectivity index (χ0n) is 9.29. The van der Waals surface area contributed by atoms with Gasteiger partial charge in [-0.1, -0.05) is 33.6 Å². The minimum atomic E-state index is -0.249. The van der Waals surface area contributed by atoms with Crippen molar-refractivity contribution in [3.8, 4) is 0 Å². The Morgan fingerprint density at radius 2 is 2.06 bits per heavy atom. The summed E-state index contributed by atoms with van der Waals surface area (Å²) < 4.78 is 14.0. The second kappa shape index (κ2) is 5.95. The monoisotopic (exact) mass is 345 g/mol. The van der Waals surface area contributed by atoms with Gasteiger partial charge in [0.05, 0.1) is 5.02 Å². The maximum absolute atomic E-state index is 13.2. The van der Waals surface area contributed by atoms with Gasteiger partial charge < -0.3 is 5.73 Å². The molecule has 0 saturated carbocycles. The highest BCUT2D eigenvalue weighted by molar-refractivity contribution is 9.10. The molecule has 0 heterocycles. The van der Waals surface area contributed by atoms with Crippen LogP contribution >= 0.6 is 39.3 Å². The van der Waals surface area contributed by atoms with Crippen molar-refractivity contribution in [1.29, 1.82) is 0 Å². The fraction of sp³-hybridized carbons (Fsp3) is 0.0769. The van der Waals surface area contributed by atoms with E-state index in [0.717, 1.165) is 14.9 Å². The summed E-state index contributed by atoms with van der Waals surface area (Å²) >= 11 is 11.0. The van der Waals surface area contributed by atoms with Gasteiger partial charge in [0, 0.05) is 20.8 Å². The quantitative estimate of drug-likeness (QED) is 0.617. The van der Waals surface area contributed by atoms with Crippen LogP contribution < -0.4 is 5.73 Å². The SMILES string of the molecule is Nc1cccc(Cl)c1SCc1cc(F)ccc1Br. The number of benzene rings is 2. The zero-order valence-corrected chi connectivity index (χ0v) is 12.4. The number of nitrogen functional groups attached to an aromatic ring is 1. The Balaban J connectivity index is 2.19. The maximum Gasteiger partial charge on any atom is 0.123 e. The van der Waals surface area contributed by atoms with Gasteiger partial charge in [-0.15, -0.1) is 11.8 Å². The number of anilines is 1. The van der Waals surface area contributed by atoms with Gasteiger partial charge in [0.1, 0.15) is 5.82 Å². The van der Waals surface area contributed by atoms with E-state index in [0.29, 0.717) is 16.5 Å². The van der Waals surface area contributed by atoms with E-state index in [4.69, 9.17) is 17.3 Å². The van der Waals surface area contributed by atoms with Crippen LogP contribution in [0.3, 0.4) is 0 Å². The molecule has 0 aromatic heterocycles. The van der Waals surface area contributed by atoms with Crippen molar-refractivity contribution >= 4 is 45.0 Å². The molecule has 0 fully saturated rings. The largest absolute Gasteiger partial charge is 0.398 e. The second-order valence-electron chi connectivity index (χ2n) is 3.68. The second-order valence-corrected chi connectivity index (χ2v) is 5.93. The summed E-state index contributed by atoms with van der Waals surface area (Å²) in [5, 5.41) is 0.618. The van der Waals surface area contributed by atoms with Gasteiger partial charge in [-0.05, 0) is 35.9 Å². The lowest BCUT2D eigenvalue weighted by atomic mass is 10.2. The molecule has 5 heteroatoms. The van der Waals surface area contributed by atoms with E-state index in [1.165, 1.54) is 23.9 Å².